The van der Waals surface area contributed by atoms with Gasteiger partial charge in [0.25, 0.3) is 10.0 Å². The Bertz CT molecular complexity index is 1280. The molecule has 0 bridgehead atoms. The van der Waals surface area contributed by atoms with Crippen molar-refractivity contribution < 1.29 is 32.5 Å². The van der Waals surface area contributed by atoms with E-state index in [1.165, 1.54) is 8.99 Å². The number of aromatic nitrogens is 2. The van der Waals surface area contributed by atoms with Gasteiger partial charge < -0.3 is 24.1 Å². The molecule has 0 unspecified atom stereocenters. The zero-order valence-corrected chi connectivity index (χ0v) is 23.6. The first kappa shape index (κ1) is 29.4. The van der Waals surface area contributed by atoms with Crippen LogP contribution in [0.5, 0.6) is 11.6 Å². The maximum absolute atomic E-state index is 14.1. The van der Waals surface area contributed by atoms with E-state index in [0.29, 0.717) is 23.5 Å². The van der Waals surface area contributed by atoms with Crippen LogP contribution in [0.1, 0.15) is 26.3 Å². The molecule has 1 aromatic heterocycles. The summed E-state index contributed by atoms with van der Waals surface area (Å²) in [5.41, 5.74) is 1.97. The van der Waals surface area contributed by atoms with E-state index >= 15 is 0 Å². The zero-order chi connectivity index (χ0) is 27.9. The molecule has 2 aromatic carbocycles. The molecule has 0 spiro atoms. The molecule has 38 heavy (non-hydrogen) atoms. The van der Waals surface area contributed by atoms with Crippen molar-refractivity contribution in [1.82, 2.24) is 9.78 Å². The molecule has 3 aromatic rings. The van der Waals surface area contributed by atoms with Crippen LogP contribution in [-0.4, -0.2) is 70.7 Å². The van der Waals surface area contributed by atoms with E-state index in [-0.39, 0.29) is 48.6 Å². The summed E-state index contributed by atoms with van der Waals surface area (Å²) in [6.45, 7) is 6.17. The largest absolute Gasteiger partial charge is 0.497 e. The van der Waals surface area contributed by atoms with Gasteiger partial charge in [0, 0.05) is 14.2 Å². The normalized spacial score (nSPS) is 12.0. The Kier molecular flexibility index (Phi) is 9.77. The van der Waals surface area contributed by atoms with E-state index in [1.54, 1.807) is 57.7 Å². The van der Waals surface area contributed by atoms with Gasteiger partial charge in [0.2, 0.25) is 5.88 Å². The maximum Gasteiger partial charge on any atom is 0.267 e. The summed E-state index contributed by atoms with van der Waals surface area (Å²) in [6.07, 6.45) is 0. The van der Waals surface area contributed by atoms with Gasteiger partial charge in [-0.25, -0.2) is 17.4 Å². The molecule has 0 atom stereocenters. The summed E-state index contributed by atoms with van der Waals surface area (Å²) in [7, 11) is 0.644. The van der Waals surface area contributed by atoms with Gasteiger partial charge >= 0.3 is 0 Å². The lowest BCUT2D eigenvalue weighted by Crippen LogP contribution is -2.35. The van der Waals surface area contributed by atoms with Crippen molar-refractivity contribution in [2.24, 2.45) is 7.05 Å². The number of rotatable bonds is 13. The van der Waals surface area contributed by atoms with Crippen LogP contribution in [0.25, 0.3) is 11.1 Å². The Morgan fingerprint density at radius 3 is 2.18 bits per heavy atom. The van der Waals surface area contributed by atoms with Crippen LogP contribution in [0.4, 0.5) is 5.82 Å². The molecule has 1 N–H and O–H groups in total. The second-order valence-electron chi connectivity index (χ2n) is 9.59. The predicted octanol–water partition coefficient (Wildman–Crippen LogP) is 3.58. The number of aliphatic hydroxyl groups is 1. The van der Waals surface area contributed by atoms with Gasteiger partial charge in [-0.15, -0.1) is 5.10 Å². The summed E-state index contributed by atoms with van der Waals surface area (Å²) in [4.78, 5) is 0.112. The molecule has 0 aliphatic carbocycles. The predicted molar refractivity (Wildman–Crippen MR) is 145 cm³/mol. The van der Waals surface area contributed by atoms with E-state index in [4.69, 9.17) is 18.9 Å². The van der Waals surface area contributed by atoms with Crippen molar-refractivity contribution in [3.8, 4) is 22.8 Å². The highest BCUT2D eigenvalue weighted by atomic mass is 32.2. The molecule has 0 saturated carbocycles. The van der Waals surface area contributed by atoms with Crippen LogP contribution in [0.15, 0.2) is 53.4 Å². The lowest BCUT2D eigenvalue weighted by molar-refractivity contribution is 0.0753. The Balaban J connectivity index is 2.18. The number of aryl methyl sites for hydroxylation is 1. The second-order valence-corrected chi connectivity index (χ2v) is 11.4. The Morgan fingerprint density at radius 2 is 1.63 bits per heavy atom. The third kappa shape index (κ3) is 6.65. The van der Waals surface area contributed by atoms with Gasteiger partial charge in [-0.2, -0.15) is 0 Å². The SMILES string of the molecule is COCCOCN(c1c(-c2ccc(OC)cc2)c(OCCO)nn1C)S(=O)(=O)c1ccc(C(C)(C)C)cc1. The van der Waals surface area contributed by atoms with Crippen LogP contribution in [-0.2, 0) is 32.0 Å². The maximum atomic E-state index is 14.1. The van der Waals surface area contributed by atoms with E-state index in [2.05, 4.69) is 25.9 Å². The molecule has 0 radical (unpaired) electrons. The van der Waals surface area contributed by atoms with Gasteiger partial charge in [0.15, 0.2) is 5.82 Å². The molecular formula is C27H37N3O7S. The van der Waals surface area contributed by atoms with E-state index in [0.717, 1.165) is 5.56 Å². The molecule has 10 nitrogen and oxygen atoms in total. The standard InChI is InChI=1S/C27H37N3O7S/c1-27(2,3)21-9-13-23(14-10-21)38(32,33)30(19-36-18-17-34-5)26-24(20-7-11-22(35-6)12-8-20)25(28-29(26)4)37-16-15-31/h7-14,31H,15-19H2,1-6H3. The second kappa shape index (κ2) is 12.6. The van der Waals surface area contributed by atoms with Gasteiger partial charge in [-0.1, -0.05) is 45.0 Å². The topological polar surface area (TPSA) is 112 Å². The van der Waals surface area contributed by atoms with E-state index in [9.17, 15) is 13.5 Å². The van der Waals surface area contributed by atoms with Crippen molar-refractivity contribution in [3.63, 3.8) is 0 Å². The average molecular weight is 548 g/mol. The van der Waals surface area contributed by atoms with Crippen LogP contribution in [0.2, 0.25) is 0 Å². The number of anilines is 1. The molecule has 0 fully saturated rings. The van der Waals surface area contributed by atoms with E-state index < -0.39 is 10.0 Å². The molecular weight excluding hydrogens is 510 g/mol. The number of hydrogen-bond donors (Lipinski definition) is 1. The molecule has 3 rings (SSSR count). The Morgan fingerprint density at radius 1 is 0.974 bits per heavy atom. The van der Waals surface area contributed by atoms with Gasteiger partial charge in [0.05, 0.1) is 37.4 Å². The smallest absolute Gasteiger partial charge is 0.267 e. The highest BCUT2D eigenvalue weighted by molar-refractivity contribution is 7.92. The quantitative estimate of drug-likeness (QED) is 0.255. The third-order valence-electron chi connectivity index (χ3n) is 5.88. The summed E-state index contributed by atoms with van der Waals surface area (Å²) in [6, 6.07) is 14.0. The summed E-state index contributed by atoms with van der Waals surface area (Å²) in [5.74, 6) is 1.07. The fraction of sp³-hybridized carbons (Fsp3) is 0.444. The first-order valence-electron chi connectivity index (χ1n) is 12.2. The van der Waals surface area contributed by atoms with Crippen LogP contribution in [0.3, 0.4) is 0 Å². The number of ether oxygens (including phenoxy) is 4. The summed E-state index contributed by atoms with van der Waals surface area (Å²) >= 11 is 0. The fourth-order valence-electron chi connectivity index (χ4n) is 3.82. The summed E-state index contributed by atoms with van der Waals surface area (Å²) in [5, 5.41) is 13.8. The van der Waals surface area contributed by atoms with Crippen LogP contribution in [0, 0.1) is 0 Å². The van der Waals surface area contributed by atoms with Crippen molar-refractivity contribution in [2.75, 3.05) is 51.7 Å². The van der Waals surface area contributed by atoms with Gasteiger partial charge in [-0.05, 0) is 40.8 Å². The highest BCUT2D eigenvalue weighted by Gasteiger charge is 2.33. The highest BCUT2D eigenvalue weighted by Crippen LogP contribution is 2.41. The average Bonchev–Trinajstić information content (AvgIpc) is 3.22. The molecule has 11 heteroatoms. The molecule has 208 valence electrons. The Hall–Kier alpha value is -3.12. The Labute approximate surface area is 224 Å². The van der Waals surface area contributed by atoms with Gasteiger partial charge in [0.1, 0.15) is 19.1 Å². The van der Waals surface area contributed by atoms with Crippen molar-refractivity contribution in [1.29, 1.82) is 0 Å². The number of nitrogens with zero attached hydrogens (tertiary/aromatic N) is 3. The van der Waals surface area contributed by atoms with Crippen molar-refractivity contribution in [3.05, 3.63) is 54.1 Å². The summed E-state index contributed by atoms with van der Waals surface area (Å²) < 4.78 is 52.6. The third-order valence-corrected chi connectivity index (χ3v) is 7.61. The minimum Gasteiger partial charge on any atom is -0.497 e. The van der Waals surface area contributed by atoms with Crippen LogP contribution < -0.4 is 13.8 Å². The molecule has 1 heterocycles. The number of aliphatic hydroxyl groups excluding tert-OH is 1. The van der Waals surface area contributed by atoms with Crippen molar-refractivity contribution in [2.45, 2.75) is 31.1 Å². The molecule has 0 amide bonds. The molecule has 0 aliphatic rings. The number of hydrogen-bond acceptors (Lipinski definition) is 8. The van der Waals surface area contributed by atoms with Crippen LogP contribution >= 0.6 is 0 Å². The molecule has 0 saturated heterocycles. The number of sulfonamides is 1. The first-order valence-corrected chi connectivity index (χ1v) is 13.6. The lowest BCUT2D eigenvalue weighted by Gasteiger charge is -2.26. The lowest BCUT2D eigenvalue weighted by atomic mass is 9.87. The first-order chi connectivity index (χ1) is 18.0. The van der Waals surface area contributed by atoms with E-state index in [1.807, 2.05) is 12.1 Å². The zero-order valence-electron chi connectivity index (χ0n) is 22.8. The number of benzene rings is 2. The van der Waals surface area contributed by atoms with Crippen molar-refractivity contribution >= 4 is 15.8 Å². The minimum atomic E-state index is -4.10. The van der Waals surface area contributed by atoms with Gasteiger partial charge in [-0.3, -0.25) is 0 Å². The number of methoxy groups -OCH3 is 2. The minimum absolute atomic E-state index is 0.00897. The monoisotopic (exact) mass is 547 g/mol. The fourth-order valence-corrected chi connectivity index (χ4v) is 5.20. The molecule has 0 aliphatic heterocycles.